The van der Waals surface area contributed by atoms with Crippen LogP contribution in [0, 0.1) is 0 Å². The van der Waals surface area contributed by atoms with Crippen LogP contribution in [-0.4, -0.2) is 40.7 Å². The van der Waals surface area contributed by atoms with Crippen LogP contribution in [0.15, 0.2) is 48.5 Å². The predicted octanol–water partition coefficient (Wildman–Crippen LogP) is 6.41. The molecule has 0 saturated carbocycles. The molecule has 0 fully saturated rings. The first kappa shape index (κ1) is 23.1. The molecule has 31 heavy (non-hydrogen) atoms. The number of aromatic nitrogens is 2. The van der Waals surface area contributed by atoms with Gasteiger partial charge in [-0.1, -0.05) is 57.0 Å². The highest BCUT2D eigenvalue weighted by Gasteiger charge is 2.05. The predicted molar refractivity (Wildman–Crippen MR) is 132 cm³/mol. The van der Waals surface area contributed by atoms with Crippen LogP contribution >= 0.6 is 0 Å². The molecule has 0 aliphatic rings. The zero-order chi connectivity index (χ0) is 21.9. The third kappa shape index (κ3) is 6.96. The highest BCUT2D eigenvalue weighted by molar-refractivity contribution is 5.79. The maximum absolute atomic E-state index is 5.97. The van der Waals surface area contributed by atoms with Crippen molar-refractivity contribution in [1.29, 1.82) is 0 Å². The van der Waals surface area contributed by atoms with Gasteiger partial charge in [0.1, 0.15) is 11.6 Å². The Bertz CT molecular complexity index is 935. The average molecular weight is 420 g/mol. The van der Waals surface area contributed by atoms with Gasteiger partial charge in [0.2, 0.25) is 0 Å². The van der Waals surface area contributed by atoms with Crippen LogP contribution < -0.4 is 4.74 Å². The van der Waals surface area contributed by atoms with Crippen LogP contribution in [0.25, 0.3) is 23.2 Å². The van der Waals surface area contributed by atoms with Crippen molar-refractivity contribution in [2.75, 3.05) is 26.2 Å². The van der Waals surface area contributed by atoms with E-state index in [-0.39, 0.29) is 0 Å². The van der Waals surface area contributed by atoms with Gasteiger partial charge in [-0.05, 0) is 68.3 Å². The van der Waals surface area contributed by atoms with E-state index in [1.807, 2.05) is 18.2 Å². The first-order chi connectivity index (χ1) is 15.2. The summed E-state index contributed by atoms with van der Waals surface area (Å²) in [7, 11) is 2.05. The Labute approximate surface area is 187 Å². The van der Waals surface area contributed by atoms with Crippen molar-refractivity contribution >= 4 is 23.2 Å². The van der Waals surface area contributed by atoms with Gasteiger partial charge in [-0.3, -0.25) is 0 Å². The van der Waals surface area contributed by atoms with E-state index in [4.69, 9.17) is 9.72 Å². The molecule has 0 unspecified atom stereocenters. The van der Waals surface area contributed by atoms with Crippen LogP contribution in [0.1, 0.15) is 57.3 Å². The van der Waals surface area contributed by atoms with Gasteiger partial charge in [0, 0.05) is 13.6 Å². The molecule has 1 aromatic heterocycles. The first-order valence-corrected chi connectivity index (χ1v) is 11.8. The largest absolute Gasteiger partial charge is 0.494 e. The Kier molecular flexibility index (Phi) is 9.16. The van der Waals surface area contributed by atoms with Gasteiger partial charge in [0.25, 0.3) is 0 Å². The minimum atomic E-state index is 0.768. The summed E-state index contributed by atoms with van der Waals surface area (Å²) in [6.07, 6.45) is 10.3. The second kappa shape index (κ2) is 12.3. The number of hydrogen-bond donors (Lipinski definition) is 0. The number of nitrogens with zero attached hydrogens (tertiary/aromatic N) is 3. The Balaban J connectivity index is 1.47. The van der Waals surface area contributed by atoms with Crippen molar-refractivity contribution in [3.63, 3.8) is 0 Å². The van der Waals surface area contributed by atoms with Crippen LogP contribution in [-0.2, 0) is 7.05 Å². The van der Waals surface area contributed by atoms with Gasteiger partial charge in [0.05, 0.1) is 17.6 Å². The zero-order valence-corrected chi connectivity index (χ0v) is 19.4. The minimum absolute atomic E-state index is 0.768. The van der Waals surface area contributed by atoms with Gasteiger partial charge < -0.3 is 14.2 Å². The number of aryl methyl sites for hydroxylation is 1. The molecule has 4 nitrogen and oxygen atoms in total. The van der Waals surface area contributed by atoms with Crippen molar-refractivity contribution in [3.05, 3.63) is 59.9 Å². The van der Waals surface area contributed by atoms with Crippen LogP contribution in [0.4, 0.5) is 0 Å². The smallest absolute Gasteiger partial charge is 0.133 e. The SMILES string of the molecule is CCCCN(CCCC)CCCOc1ccc(/C=C/c2nc3ccccc3n2C)cc1. The molecule has 0 aliphatic heterocycles. The van der Waals surface area contributed by atoms with E-state index in [1.54, 1.807) is 0 Å². The number of benzene rings is 2. The second-order valence-corrected chi connectivity index (χ2v) is 8.17. The molecule has 166 valence electrons. The summed E-state index contributed by atoms with van der Waals surface area (Å²) in [4.78, 5) is 7.28. The summed E-state index contributed by atoms with van der Waals surface area (Å²) in [6.45, 7) is 8.84. The van der Waals surface area contributed by atoms with E-state index < -0.39 is 0 Å². The molecule has 0 bridgehead atoms. The molecule has 0 N–H and O–H groups in total. The normalized spacial score (nSPS) is 11.7. The molecule has 0 saturated heterocycles. The van der Waals surface area contributed by atoms with Crippen molar-refractivity contribution in [1.82, 2.24) is 14.5 Å². The van der Waals surface area contributed by atoms with Gasteiger partial charge in [-0.25, -0.2) is 4.98 Å². The summed E-state index contributed by atoms with van der Waals surface area (Å²) in [5.41, 5.74) is 3.31. The van der Waals surface area contributed by atoms with Crippen molar-refractivity contribution in [2.45, 2.75) is 46.0 Å². The van der Waals surface area contributed by atoms with E-state index in [0.29, 0.717) is 0 Å². The number of ether oxygens (including phenoxy) is 1. The average Bonchev–Trinajstić information content (AvgIpc) is 3.13. The van der Waals surface area contributed by atoms with Crippen LogP contribution in [0.5, 0.6) is 5.75 Å². The number of hydrogen-bond acceptors (Lipinski definition) is 3. The topological polar surface area (TPSA) is 30.3 Å². The summed E-state index contributed by atoms with van der Waals surface area (Å²) >= 11 is 0. The molecule has 3 rings (SSSR count). The van der Waals surface area contributed by atoms with E-state index in [9.17, 15) is 0 Å². The quantitative estimate of drug-likeness (QED) is 0.300. The lowest BCUT2D eigenvalue weighted by molar-refractivity contribution is 0.229. The number of rotatable bonds is 13. The van der Waals surface area contributed by atoms with Gasteiger partial charge in [-0.2, -0.15) is 0 Å². The Hall–Kier alpha value is -2.59. The van der Waals surface area contributed by atoms with E-state index in [0.717, 1.165) is 47.7 Å². The summed E-state index contributed by atoms with van der Waals surface area (Å²) < 4.78 is 8.09. The maximum atomic E-state index is 5.97. The number of unbranched alkanes of at least 4 members (excludes halogenated alkanes) is 2. The molecule has 1 heterocycles. The van der Waals surface area contributed by atoms with Gasteiger partial charge in [0.15, 0.2) is 0 Å². The lowest BCUT2D eigenvalue weighted by Gasteiger charge is -2.21. The maximum Gasteiger partial charge on any atom is 0.133 e. The summed E-state index contributed by atoms with van der Waals surface area (Å²) in [5.74, 6) is 1.89. The Morgan fingerprint density at radius 3 is 2.23 bits per heavy atom. The molecule has 4 heteroatoms. The van der Waals surface area contributed by atoms with E-state index in [2.05, 4.69) is 72.8 Å². The highest BCUT2D eigenvalue weighted by Crippen LogP contribution is 2.18. The Morgan fingerprint density at radius 1 is 0.871 bits per heavy atom. The van der Waals surface area contributed by atoms with E-state index >= 15 is 0 Å². The van der Waals surface area contributed by atoms with Crippen LogP contribution in [0.3, 0.4) is 0 Å². The van der Waals surface area contributed by atoms with Crippen molar-refractivity contribution < 1.29 is 4.74 Å². The van der Waals surface area contributed by atoms with E-state index in [1.165, 1.54) is 38.8 Å². The lowest BCUT2D eigenvalue weighted by atomic mass is 10.2. The third-order valence-electron chi connectivity index (χ3n) is 5.67. The third-order valence-corrected chi connectivity index (χ3v) is 5.67. The molecule has 0 aliphatic carbocycles. The number of fused-ring (bicyclic) bond motifs is 1. The molecule has 3 aromatic rings. The lowest BCUT2D eigenvalue weighted by Crippen LogP contribution is -2.28. The molecule has 0 spiro atoms. The molecule has 2 aromatic carbocycles. The fourth-order valence-corrected chi connectivity index (χ4v) is 3.74. The van der Waals surface area contributed by atoms with Crippen molar-refractivity contribution in [3.8, 4) is 5.75 Å². The van der Waals surface area contributed by atoms with Crippen LogP contribution in [0.2, 0.25) is 0 Å². The van der Waals surface area contributed by atoms with Gasteiger partial charge in [-0.15, -0.1) is 0 Å². The standard InChI is InChI=1S/C27H37N3O/c1-4-6-19-30(20-7-5-2)21-10-22-31-24-16-13-23(14-17-24)15-18-27-28-25-11-8-9-12-26(25)29(27)3/h8-9,11-18H,4-7,10,19-22H2,1-3H3/b18-15+. The fourth-order valence-electron chi connectivity index (χ4n) is 3.74. The second-order valence-electron chi connectivity index (χ2n) is 8.17. The monoisotopic (exact) mass is 419 g/mol. The molecular weight excluding hydrogens is 382 g/mol. The zero-order valence-electron chi connectivity index (χ0n) is 19.4. The summed E-state index contributed by atoms with van der Waals surface area (Å²) in [5, 5.41) is 0. The number of para-hydroxylation sites is 2. The molecular formula is C27H37N3O. The van der Waals surface area contributed by atoms with Gasteiger partial charge >= 0.3 is 0 Å². The number of imidazole rings is 1. The minimum Gasteiger partial charge on any atom is -0.494 e. The summed E-state index contributed by atoms with van der Waals surface area (Å²) in [6, 6.07) is 16.5. The molecule has 0 atom stereocenters. The Morgan fingerprint density at radius 2 is 1.55 bits per heavy atom. The fraction of sp³-hybridized carbons (Fsp3) is 0.444. The highest BCUT2D eigenvalue weighted by atomic mass is 16.5. The van der Waals surface area contributed by atoms with Crippen molar-refractivity contribution in [2.24, 2.45) is 7.05 Å². The first-order valence-electron chi connectivity index (χ1n) is 11.8. The molecule has 0 amide bonds. The molecule has 0 radical (unpaired) electrons.